The van der Waals surface area contributed by atoms with Gasteiger partial charge in [0, 0.05) is 18.7 Å². The Balaban J connectivity index is 1.71. The van der Waals surface area contributed by atoms with E-state index in [1.807, 2.05) is 4.90 Å². The molecule has 0 unspecified atom stereocenters. The summed E-state index contributed by atoms with van der Waals surface area (Å²) < 4.78 is 0. The molecule has 20 heavy (non-hydrogen) atoms. The fourth-order valence-corrected chi connectivity index (χ4v) is 3.58. The average molecular weight is 273 g/mol. The molecule has 0 atom stereocenters. The van der Waals surface area contributed by atoms with Crippen molar-refractivity contribution in [3.8, 4) is 0 Å². The Hall–Kier alpha value is -1.84. The van der Waals surface area contributed by atoms with E-state index in [-0.39, 0.29) is 11.5 Å². The first-order chi connectivity index (χ1) is 9.60. The van der Waals surface area contributed by atoms with Crippen molar-refractivity contribution in [3.63, 3.8) is 0 Å². The third-order valence-electron chi connectivity index (χ3n) is 4.77. The number of rotatable bonds is 2. The van der Waals surface area contributed by atoms with Gasteiger partial charge >= 0.3 is 5.97 Å². The number of likely N-dealkylation sites (tertiary alicyclic amines) is 1. The van der Waals surface area contributed by atoms with E-state index >= 15 is 0 Å². The van der Waals surface area contributed by atoms with E-state index in [9.17, 15) is 9.59 Å². The highest BCUT2D eigenvalue weighted by Crippen LogP contribution is 2.45. The second-order valence-corrected chi connectivity index (χ2v) is 6.07. The smallest absolute Gasteiger partial charge is 0.335 e. The zero-order chi connectivity index (χ0) is 14.2. The van der Waals surface area contributed by atoms with E-state index in [1.165, 1.54) is 37.8 Å². The molecule has 1 aromatic rings. The Morgan fingerprint density at radius 2 is 1.60 bits per heavy atom. The summed E-state index contributed by atoms with van der Waals surface area (Å²) in [4.78, 5) is 25.2. The maximum absolute atomic E-state index is 12.4. The first-order valence-corrected chi connectivity index (χ1v) is 7.22. The van der Waals surface area contributed by atoms with Gasteiger partial charge in [0.15, 0.2) is 0 Å². The van der Waals surface area contributed by atoms with Crippen LogP contribution in [0, 0.1) is 5.41 Å². The standard InChI is InChI=1S/C16H19NO3/c18-14(12-3-5-13(6-4-12)15(19)20)17-10-9-16(11-17)7-1-2-8-16/h3-6H,1-2,7-11H2,(H,19,20). The van der Waals surface area contributed by atoms with Gasteiger partial charge in [-0.3, -0.25) is 4.79 Å². The molecule has 1 aromatic carbocycles. The highest BCUT2D eigenvalue weighted by molar-refractivity contribution is 5.96. The van der Waals surface area contributed by atoms with Gasteiger partial charge in [0.25, 0.3) is 5.91 Å². The fourth-order valence-electron chi connectivity index (χ4n) is 3.58. The van der Waals surface area contributed by atoms with Crippen LogP contribution in [0.1, 0.15) is 52.8 Å². The minimum atomic E-state index is -0.963. The van der Waals surface area contributed by atoms with Crippen molar-refractivity contribution >= 4 is 11.9 Å². The molecule has 1 N–H and O–H groups in total. The molecule has 1 saturated carbocycles. The predicted molar refractivity (Wildman–Crippen MR) is 74.8 cm³/mol. The molecule has 0 aromatic heterocycles. The number of hydrogen-bond acceptors (Lipinski definition) is 2. The van der Waals surface area contributed by atoms with Gasteiger partial charge in [-0.15, -0.1) is 0 Å². The van der Waals surface area contributed by atoms with Crippen LogP contribution in [-0.4, -0.2) is 35.0 Å². The highest BCUT2D eigenvalue weighted by Gasteiger charge is 2.41. The normalized spacial score (nSPS) is 20.5. The van der Waals surface area contributed by atoms with Crippen LogP contribution in [0.2, 0.25) is 0 Å². The van der Waals surface area contributed by atoms with Gasteiger partial charge in [0.2, 0.25) is 0 Å². The third-order valence-corrected chi connectivity index (χ3v) is 4.77. The fraction of sp³-hybridized carbons (Fsp3) is 0.500. The minimum Gasteiger partial charge on any atom is -0.478 e. The zero-order valence-corrected chi connectivity index (χ0v) is 11.5. The summed E-state index contributed by atoms with van der Waals surface area (Å²) in [6.07, 6.45) is 6.18. The predicted octanol–water partition coefficient (Wildman–Crippen LogP) is 2.79. The first-order valence-electron chi connectivity index (χ1n) is 7.22. The van der Waals surface area contributed by atoms with E-state index in [2.05, 4.69) is 0 Å². The van der Waals surface area contributed by atoms with Gasteiger partial charge in [-0.2, -0.15) is 0 Å². The van der Waals surface area contributed by atoms with Crippen molar-refractivity contribution in [1.82, 2.24) is 4.90 Å². The number of carboxylic acids is 1. The van der Waals surface area contributed by atoms with Gasteiger partial charge in [-0.1, -0.05) is 12.8 Å². The minimum absolute atomic E-state index is 0.0331. The molecule has 3 rings (SSSR count). The second kappa shape index (κ2) is 4.93. The van der Waals surface area contributed by atoms with Crippen LogP contribution in [0.3, 0.4) is 0 Å². The summed E-state index contributed by atoms with van der Waals surface area (Å²) in [7, 11) is 0. The molecule has 2 fully saturated rings. The lowest BCUT2D eigenvalue weighted by Gasteiger charge is -2.23. The second-order valence-electron chi connectivity index (χ2n) is 6.07. The molecular weight excluding hydrogens is 254 g/mol. The molecule has 1 amide bonds. The Morgan fingerprint density at radius 1 is 1.00 bits per heavy atom. The van der Waals surface area contributed by atoms with Gasteiger partial charge in [0.05, 0.1) is 5.56 Å². The van der Waals surface area contributed by atoms with Crippen LogP contribution < -0.4 is 0 Å². The van der Waals surface area contributed by atoms with Crippen LogP contribution in [0.15, 0.2) is 24.3 Å². The molecule has 1 spiro atoms. The van der Waals surface area contributed by atoms with Gasteiger partial charge in [-0.05, 0) is 48.9 Å². The molecule has 0 bridgehead atoms. The third kappa shape index (κ3) is 2.30. The number of amides is 1. The van der Waals surface area contributed by atoms with Crippen molar-refractivity contribution in [2.75, 3.05) is 13.1 Å². The monoisotopic (exact) mass is 273 g/mol. The molecule has 106 valence electrons. The van der Waals surface area contributed by atoms with E-state index in [0.717, 1.165) is 19.5 Å². The van der Waals surface area contributed by atoms with Crippen LogP contribution in [0.4, 0.5) is 0 Å². The number of carbonyl (C=O) groups is 2. The van der Waals surface area contributed by atoms with E-state index in [4.69, 9.17) is 5.11 Å². The first kappa shape index (κ1) is 13.2. The summed E-state index contributed by atoms with van der Waals surface area (Å²) in [6, 6.07) is 6.23. The van der Waals surface area contributed by atoms with Crippen molar-refractivity contribution < 1.29 is 14.7 Å². The van der Waals surface area contributed by atoms with Crippen LogP contribution in [-0.2, 0) is 0 Å². The van der Waals surface area contributed by atoms with Gasteiger partial charge < -0.3 is 10.0 Å². The maximum atomic E-state index is 12.4. The van der Waals surface area contributed by atoms with Crippen LogP contribution >= 0.6 is 0 Å². The van der Waals surface area contributed by atoms with Crippen LogP contribution in [0.5, 0.6) is 0 Å². The molecule has 2 aliphatic rings. The number of aromatic carboxylic acids is 1. The molecule has 4 nitrogen and oxygen atoms in total. The Morgan fingerprint density at radius 3 is 2.20 bits per heavy atom. The number of benzene rings is 1. The molecule has 1 aliphatic carbocycles. The molecule has 0 radical (unpaired) electrons. The topological polar surface area (TPSA) is 57.6 Å². The Kier molecular flexibility index (Phi) is 3.24. The largest absolute Gasteiger partial charge is 0.478 e. The number of carboxylic acid groups (broad SMARTS) is 1. The van der Waals surface area contributed by atoms with E-state index in [1.54, 1.807) is 12.1 Å². The summed E-state index contributed by atoms with van der Waals surface area (Å²) in [5, 5.41) is 8.87. The van der Waals surface area contributed by atoms with Crippen molar-refractivity contribution in [3.05, 3.63) is 35.4 Å². The lowest BCUT2D eigenvalue weighted by Crippen LogP contribution is -2.31. The van der Waals surface area contributed by atoms with E-state index in [0.29, 0.717) is 11.0 Å². The van der Waals surface area contributed by atoms with Crippen molar-refractivity contribution in [2.45, 2.75) is 32.1 Å². The average Bonchev–Trinajstić information content (AvgIpc) is 3.09. The van der Waals surface area contributed by atoms with Crippen molar-refractivity contribution in [2.24, 2.45) is 5.41 Å². The summed E-state index contributed by atoms with van der Waals surface area (Å²) in [5.74, 6) is -0.930. The lowest BCUT2D eigenvalue weighted by atomic mass is 9.86. The zero-order valence-electron chi connectivity index (χ0n) is 11.5. The summed E-state index contributed by atoms with van der Waals surface area (Å²) >= 11 is 0. The van der Waals surface area contributed by atoms with Crippen LogP contribution in [0.25, 0.3) is 0 Å². The Bertz CT molecular complexity index is 529. The number of carbonyl (C=O) groups excluding carboxylic acids is 1. The lowest BCUT2D eigenvalue weighted by molar-refractivity contribution is 0.0694. The quantitative estimate of drug-likeness (QED) is 0.901. The molecule has 1 heterocycles. The number of nitrogens with zero attached hydrogens (tertiary/aromatic N) is 1. The van der Waals surface area contributed by atoms with Gasteiger partial charge in [0.1, 0.15) is 0 Å². The summed E-state index contributed by atoms with van der Waals surface area (Å²) in [5.41, 5.74) is 1.18. The number of hydrogen-bond donors (Lipinski definition) is 1. The molecule has 4 heteroatoms. The maximum Gasteiger partial charge on any atom is 0.335 e. The van der Waals surface area contributed by atoms with Gasteiger partial charge in [-0.25, -0.2) is 4.79 Å². The van der Waals surface area contributed by atoms with Crippen molar-refractivity contribution in [1.29, 1.82) is 0 Å². The molecule has 1 saturated heterocycles. The molecular formula is C16H19NO3. The van der Waals surface area contributed by atoms with E-state index < -0.39 is 5.97 Å². The molecule has 1 aliphatic heterocycles. The summed E-state index contributed by atoms with van der Waals surface area (Å²) in [6.45, 7) is 1.70. The highest BCUT2D eigenvalue weighted by atomic mass is 16.4. The Labute approximate surface area is 118 Å². The SMILES string of the molecule is O=C(O)c1ccc(C(=O)N2CCC3(CCCC3)C2)cc1.